The van der Waals surface area contributed by atoms with E-state index in [1.807, 2.05) is 0 Å². The number of hydrogen-bond donors (Lipinski definition) is 0. The van der Waals surface area contributed by atoms with Crippen LogP contribution in [-0.2, 0) is 87.6 Å². The van der Waals surface area contributed by atoms with Gasteiger partial charge in [-0.05, 0) is 75.8 Å². The highest BCUT2D eigenvalue weighted by molar-refractivity contribution is 7.90. The van der Waals surface area contributed by atoms with Gasteiger partial charge < -0.3 is 9.05 Å². The average Bonchev–Trinajstić information content (AvgIpc) is 3.14. The monoisotopic (exact) mass is 880 g/mol. The molecule has 0 spiro atoms. The second kappa shape index (κ2) is 18.6. The molecule has 0 N–H and O–H groups in total. The van der Waals surface area contributed by atoms with Crippen molar-refractivity contribution in [1.29, 1.82) is 0 Å². The molecule has 0 aliphatic rings. The highest BCUT2D eigenvalue weighted by atomic mass is 32.2. The van der Waals surface area contributed by atoms with Crippen molar-refractivity contribution in [2.24, 2.45) is 0 Å². The third kappa shape index (κ3) is 13.3. The third-order valence-electron chi connectivity index (χ3n) is 7.32. The largest absolute Gasteiger partial charge is 0.497 e. The van der Waals surface area contributed by atoms with Crippen molar-refractivity contribution >= 4 is 42.5 Å². The van der Waals surface area contributed by atoms with Crippen LogP contribution in [0.25, 0.3) is 0 Å². The van der Waals surface area contributed by atoms with Crippen LogP contribution >= 0.6 is 22.8 Å². The van der Waals surface area contributed by atoms with E-state index >= 15 is 0 Å². The molecule has 0 saturated heterocycles. The highest BCUT2D eigenvalue weighted by Crippen LogP contribution is 2.55. The molecule has 0 aliphatic carbocycles. The summed E-state index contributed by atoms with van der Waals surface area (Å²) in [5, 5.41) is 0. The van der Waals surface area contributed by atoms with Crippen LogP contribution in [-0.4, -0.2) is 23.0 Å². The van der Waals surface area contributed by atoms with Gasteiger partial charge in [-0.3, -0.25) is 9.13 Å². The predicted molar refractivity (Wildman–Crippen MR) is 185 cm³/mol. The fraction of sp³-hybridized carbons (Fsp3) is 0.226. The van der Waals surface area contributed by atoms with Crippen molar-refractivity contribution in [1.82, 2.24) is 0 Å². The molecule has 0 fully saturated rings. The molecule has 4 aromatic rings. The fourth-order valence-electron chi connectivity index (χ4n) is 4.85. The van der Waals surface area contributed by atoms with Crippen molar-refractivity contribution in [3.63, 3.8) is 0 Å². The second-order valence-electron chi connectivity index (χ2n) is 11.8. The van der Waals surface area contributed by atoms with Crippen LogP contribution in [0.5, 0.6) is 11.5 Å². The zero-order valence-corrected chi connectivity index (χ0v) is 32.1. The minimum absolute atomic E-state index is 0.140. The van der Waals surface area contributed by atoms with Crippen molar-refractivity contribution in [3.8, 4) is 11.5 Å². The number of sulfone groups is 2. The Kier molecular flexibility index (Phi) is 15.0. The molecule has 0 radical (unpaired) electrons. The van der Waals surface area contributed by atoms with Gasteiger partial charge in [-0.25, -0.2) is 21.4 Å². The van der Waals surface area contributed by atoms with Gasteiger partial charge in [0.05, 0.1) is 35.3 Å². The van der Waals surface area contributed by atoms with Gasteiger partial charge in [0.2, 0.25) is 0 Å². The van der Waals surface area contributed by atoms with Gasteiger partial charge in [-0.2, -0.15) is 8.78 Å². The summed E-state index contributed by atoms with van der Waals surface area (Å²) in [4.78, 5) is 0. The van der Waals surface area contributed by atoms with Gasteiger partial charge in [0.15, 0.2) is 19.7 Å². The Morgan fingerprint density at radius 3 is 0.909 bits per heavy atom. The van der Waals surface area contributed by atoms with Crippen LogP contribution in [0, 0.1) is 0 Å². The summed E-state index contributed by atoms with van der Waals surface area (Å²) in [6, 6.07) is 19.8. The lowest BCUT2D eigenvalue weighted by atomic mass is 10.2. The number of hydrogen-bond acceptors (Lipinski definition) is 13. The van der Waals surface area contributed by atoms with E-state index in [0.717, 1.165) is 24.3 Å². The van der Waals surface area contributed by atoms with E-state index in [1.54, 1.807) is 0 Å². The van der Waals surface area contributed by atoms with E-state index < -0.39 is 84.0 Å². The topological polar surface area (TPSA) is 175 Å². The lowest BCUT2D eigenvalue weighted by Gasteiger charge is -2.19. The second-order valence-corrected chi connectivity index (χ2v) is 21.4. The molecular weight excluding hydrogens is 851 g/mol. The van der Waals surface area contributed by atoms with Crippen molar-refractivity contribution in [2.75, 3.05) is 0 Å². The molecule has 4 rings (SSSR count). The first-order valence-electron chi connectivity index (χ1n) is 15.2. The van der Waals surface area contributed by atoms with Crippen LogP contribution < -0.4 is 9.05 Å². The Balaban J connectivity index is 1.33. The van der Waals surface area contributed by atoms with Crippen LogP contribution in [0.2, 0.25) is 0 Å². The maximum atomic E-state index is 14.0. The predicted octanol–water partition coefficient (Wildman–Crippen LogP) is 9.78. The number of benzene rings is 4. The summed E-state index contributed by atoms with van der Waals surface area (Å²) < 4.78 is 187. The maximum absolute atomic E-state index is 14.0. The zero-order valence-electron chi connectivity index (χ0n) is 27.8. The van der Waals surface area contributed by atoms with E-state index in [0.29, 0.717) is 0 Å². The Labute approximate surface area is 310 Å². The molecule has 13 nitrogen and oxygen atoms in total. The first-order chi connectivity index (χ1) is 25.8. The van der Waals surface area contributed by atoms with Crippen molar-refractivity contribution in [3.05, 3.63) is 130 Å². The SMILES string of the molecule is O=P(Cc1ccc(CS(=O)(=O)Cc2ccc(OP(=O)(Oc3ccc(CS(=O)(=O)Cc4ccc(CP(=O)(OF)OF)cc4)cc3)C(F)F)cc2)cc1)(OF)OF. The summed E-state index contributed by atoms with van der Waals surface area (Å²) in [5.74, 6) is -2.65. The van der Waals surface area contributed by atoms with Gasteiger partial charge in [0.25, 0.3) is 0 Å². The molecule has 0 aliphatic heterocycles. The molecule has 300 valence electrons. The van der Waals surface area contributed by atoms with Gasteiger partial charge in [0, 0.05) is 0 Å². The average molecular weight is 881 g/mol. The summed E-state index contributed by atoms with van der Waals surface area (Å²) in [6.45, 7) is 0. The summed E-state index contributed by atoms with van der Waals surface area (Å²) in [7, 11) is -22.1. The smallest absolute Gasteiger partial charge is 0.412 e. The normalized spacial score (nSPS) is 12.9. The zero-order chi connectivity index (χ0) is 40.5. The van der Waals surface area contributed by atoms with Gasteiger partial charge in [0.1, 0.15) is 11.5 Å². The van der Waals surface area contributed by atoms with E-state index in [4.69, 9.17) is 9.05 Å². The molecule has 0 saturated carbocycles. The summed E-state index contributed by atoms with van der Waals surface area (Å²) in [6.07, 6.45) is -5.13. The van der Waals surface area contributed by atoms with E-state index in [-0.39, 0.29) is 44.9 Å². The first-order valence-corrected chi connectivity index (χ1v) is 23.9. The third-order valence-corrected chi connectivity index (χ3v) is 14.2. The van der Waals surface area contributed by atoms with Crippen LogP contribution in [0.1, 0.15) is 33.4 Å². The van der Waals surface area contributed by atoms with E-state index in [9.17, 15) is 57.4 Å². The molecular formula is C31H29F6O13P3S2. The van der Waals surface area contributed by atoms with Crippen LogP contribution in [0.4, 0.5) is 26.9 Å². The molecule has 24 heteroatoms. The van der Waals surface area contributed by atoms with E-state index in [1.165, 1.54) is 72.8 Å². The molecule has 0 heterocycles. The first kappa shape index (κ1) is 44.2. The molecule has 0 unspecified atom stereocenters. The van der Waals surface area contributed by atoms with E-state index in [2.05, 4.69) is 18.9 Å². The molecule has 0 bridgehead atoms. The lowest BCUT2D eigenvalue weighted by molar-refractivity contribution is -0.0881. The molecule has 55 heavy (non-hydrogen) atoms. The van der Waals surface area contributed by atoms with Crippen LogP contribution in [0.15, 0.2) is 97.1 Å². The fourth-order valence-corrected chi connectivity index (χ4v) is 10.4. The molecule has 4 aromatic carbocycles. The van der Waals surface area contributed by atoms with Crippen LogP contribution in [0.3, 0.4) is 0 Å². The number of rotatable bonds is 21. The number of halogens is 6. The highest BCUT2D eigenvalue weighted by Gasteiger charge is 2.40. The Morgan fingerprint density at radius 1 is 0.436 bits per heavy atom. The van der Waals surface area contributed by atoms with Crippen molar-refractivity contribution < 1.29 is 85.4 Å². The standard InChI is InChI=1S/C31H29F6O13P3S2/c32-31(33)53(40,45-29-13-9-27(10-14-29)21-54(41,42)19-25-5-1-23(2-6-25)17-51(38,47-34)48-35)46-30-15-11-28(12-16-30)22-55(43,44)20-26-7-3-24(4-8-26)18-52(39,49-36)50-37/h1-16,31H,17-22H2. The molecule has 0 amide bonds. The summed E-state index contributed by atoms with van der Waals surface area (Å²) >= 11 is 0. The Hall–Kier alpha value is -3.51. The maximum Gasteiger partial charge on any atom is 0.497 e. The molecule has 0 aromatic heterocycles. The van der Waals surface area contributed by atoms with Gasteiger partial charge in [-0.15, -0.1) is 18.9 Å². The summed E-state index contributed by atoms with van der Waals surface area (Å²) in [5.41, 5.74) is 1.27. The minimum atomic E-state index is -5.20. The minimum Gasteiger partial charge on any atom is -0.412 e. The molecule has 0 atom stereocenters. The van der Waals surface area contributed by atoms with Gasteiger partial charge in [-0.1, -0.05) is 72.8 Å². The quantitative estimate of drug-likeness (QED) is 0.0572. The number of alkyl halides is 2. The van der Waals surface area contributed by atoms with Crippen molar-refractivity contribution in [2.45, 2.75) is 41.5 Å². The lowest BCUT2D eigenvalue weighted by Crippen LogP contribution is -2.10. The Morgan fingerprint density at radius 2 is 0.673 bits per heavy atom. The Bertz CT molecular complexity index is 2100. The van der Waals surface area contributed by atoms with Gasteiger partial charge >= 0.3 is 29.0 Å².